The van der Waals surface area contributed by atoms with Gasteiger partial charge in [0.15, 0.2) is 0 Å². The molecule has 3 nitrogen and oxygen atoms in total. The molecular formula is C15H22N2OS2. The fourth-order valence-corrected chi connectivity index (χ4v) is 4.05. The van der Waals surface area contributed by atoms with Crippen molar-refractivity contribution in [2.45, 2.75) is 51.5 Å². The van der Waals surface area contributed by atoms with Crippen LogP contribution in [0, 0.1) is 0 Å². The van der Waals surface area contributed by atoms with Crippen LogP contribution in [0.4, 0.5) is 0 Å². The molecule has 20 heavy (non-hydrogen) atoms. The van der Waals surface area contributed by atoms with Crippen molar-refractivity contribution in [2.75, 3.05) is 7.05 Å². The molecule has 1 aliphatic rings. The van der Waals surface area contributed by atoms with Gasteiger partial charge in [-0.1, -0.05) is 18.6 Å². The van der Waals surface area contributed by atoms with Crippen LogP contribution in [0.5, 0.6) is 0 Å². The summed E-state index contributed by atoms with van der Waals surface area (Å²) in [4.78, 5) is 17.0. The summed E-state index contributed by atoms with van der Waals surface area (Å²) in [6, 6.07) is 2.14. The quantitative estimate of drug-likeness (QED) is 0.686. The van der Waals surface area contributed by atoms with Crippen molar-refractivity contribution in [2.24, 2.45) is 5.73 Å². The second-order valence-corrected chi connectivity index (χ2v) is 7.22. The van der Waals surface area contributed by atoms with Gasteiger partial charge in [0.2, 0.25) is 0 Å². The Labute approximate surface area is 130 Å². The molecule has 5 heteroatoms. The minimum atomic E-state index is 0.0434. The van der Waals surface area contributed by atoms with Gasteiger partial charge in [0, 0.05) is 24.4 Å². The number of hydrogen-bond acceptors (Lipinski definition) is 3. The summed E-state index contributed by atoms with van der Waals surface area (Å²) in [6.45, 7) is 1.98. The van der Waals surface area contributed by atoms with Crippen molar-refractivity contribution in [1.82, 2.24) is 4.90 Å². The highest BCUT2D eigenvalue weighted by molar-refractivity contribution is 7.80. The zero-order chi connectivity index (χ0) is 14.7. The van der Waals surface area contributed by atoms with Crippen molar-refractivity contribution in [3.63, 3.8) is 0 Å². The van der Waals surface area contributed by atoms with Crippen LogP contribution >= 0.6 is 23.6 Å². The van der Waals surface area contributed by atoms with Crippen LogP contribution in [0.25, 0.3) is 0 Å². The number of thiocarbonyl (C=S) groups is 1. The van der Waals surface area contributed by atoms with E-state index in [-0.39, 0.29) is 11.9 Å². The second-order valence-electron chi connectivity index (χ2n) is 5.56. The van der Waals surface area contributed by atoms with E-state index < -0.39 is 0 Å². The predicted octanol–water partition coefficient (Wildman–Crippen LogP) is 3.15. The SMILES string of the molecule is CC(CC(N)=S)N(C)C(=O)c1cc2c(s1)CCCCC2. The Morgan fingerprint density at radius 1 is 1.45 bits per heavy atom. The summed E-state index contributed by atoms with van der Waals surface area (Å²) in [7, 11) is 1.83. The number of nitrogens with two attached hydrogens (primary N) is 1. The fraction of sp³-hybridized carbons (Fsp3) is 0.600. The molecular weight excluding hydrogens is 288 g/mol. The highest BCUT2D eigenvalue weighted by Crippen LogP contribution is 2.29. The van der Waals surface area contributed by atoms with Gasteiger partial charge >= 0.3 is 0 Å². The smallest absolute Gasteiger partial charge is 0.263 e. The van der Waals surface area contributed by atoms with E-state index in [4.69, 9.17) is 18.0 Å². The number of hydrogen-bond donors (Lipinski definition) is 1. The van der Waals surface area contributed by atoms with Gasteiger partial charge in [-0.3, -0.25) is 4.79 Å². The highest BCUT2D eigenvalue weighted by Gasteiger charge is 2.22. The van der Waals surface area contributed by atoms with Gasteiger partial charge in [0.1, 0.15) is 0 Å². The molecule has 1 aromatic heterocycles. The first-order valence-corrected chi connectivity index (χ1v) is 8.38. The molecule has 1 atom stereocenters. The van der Waals surface area contributed by atoms with E-state index in [0.29, 0.717) is 11.4 Å². The minimum absolute atomic E-state index is 0.0434. The van der Waals surface area contributed by atoms with Crippen LogP contribution in [0.1, 0.15) is 52.7 Å². The maximum Gasteiger partial charge on any atom is 0.263 e. The molecule has 0 bridgehead atoms. The largest absolute Gasteiger partial charge is 0.393 e. The lowest BCUT2D eigenvalue weighted by atomic mass is 10.1. The van der Waals surface area contributed by atoms with Gasteiger partial charge in [-0.2, -0.15) is 0 Å². The van der Waals surface area contributed by atoms with Crippen LogP contribution in [-0.2, 0) is 12.8 Å². The number of fused-ring (bicyclic) bond motifs is 1. The molecule has 1 heterocycles. The van der Waals surface area contributed by atoms with Gasteiger partial charge in [-0.05, 0) is 44.2 Å². The van der Waals surface area contributed by atoms with E-state index >= 15 is 0 Å². The van der Waals surface area contributed by atoms with Crippen LogP contribution in [0.3, 0.4) is 0 Å². The monoisotopic (exact) mass is 310 g/mol. The van der Waals surface area contributed by atoms with Gasteiger partial charge in [-0.15, -0.1) is 11.3 Å². The summed E-state index contributed by atoms with van der Waals surface area (Å²) in [5.74, 6) is 0.0897. The fourth-order valence-electron chi connectivity index (χ4n) is 2.57. The van der Waals surface area contributed by atoms with E-state index in [1.807, 2.05) is 14.0 Å². The summed E-state index contributed by atoms with van der Waals surface area (Å²) in [5.41, 5.74) is 6.94. The third-order valence-corrected chi connectivity index (χ3v) is 5.33. The lowest BCUT2D eigenvalue weighted by Crippen LogP contribution is -2.37. The number of rotatable bonds is 4. The van der Waals surface area contributed by atoms with Crippen LogP contribution < -0.4 is 5.73 Å². The molecule has 0 aromatic carbocycles. The number of aryl methyl sites for hydroxylation is 2. The van der Waals surface area contributed by atoms with Crippen molar-refractivity contribution in [3.8, 4) is 0 Å². The number of carbonyl (C=O) groups is 1. The van der Waals surface area contributed by atoms with Gasteiger partial charge in [0.05, 0.1) is 9.87 Å². The zero-order valence-electron chi connectivity index (χ0n) is 12.1. The average molecular weight is 310 g/mol. The molecule has 0 fully saturated rings. The number of thiophene rings is 1. The molecule has 2 N–H and O–H groups in total. The molecule has 1 unspecified atom stereocenters. The highest BCUT2D eigenvalue weighted by atomic mass is 32.1. The topological polar surface area (TPSA) is 46.3 Å². The Kier molecular flexibility index (Phi) is 5.16. The summed E-state index contributed by atoms with van der Waals surface area (Å²) in [6.07, 6.45) is 6.60. The lowest BCUT2D eigenvalue weighted by molar-refractivity contribution is 0.0753. The summed E-state index contributed by atoms with van der Waals surface area (Å²) in [5, 5.41) is 0. The normalized spacial score (nSPS) is 16.1. The lowest BCUT2D eigenvalue weighted by Gasteiger charge is -2.24. The molecule has 0 aliphatic heterocycles. The standard InChI is InChI=1S/C15H22N2OS2/c1-10(8-14(16)19)17(2)15(18)13-9-11-6-4-3-5-7-12(11)20-13/h9-10H,3-8H2,1-2H3,(H2,16,19). The molecule has 1 amide bonds. The van der Waals surface area contributed by atoms with Gasteiger partial charge in [-0.25, -0.2) is 0 Å². The van der Waals surface area contributed by atoms with E-state index in [9.17, 15) is 4.79 Å². The molecule has 1 aliphatic carbocycles. The summed E-state index contributed by atoms with van der Waals surface area (Å²) < 4.78 is 0. The molecule has 0 saturated heterocycles. The second kappa shape index (κ2) is 6.68. The van der Waals surface area contributed by atoms with E-state index in [1.165, 1.54) is 29.7 Å². The zero-order valence-corrected chi connectivity index (χ0v) is 13.8. The Morgan fingerprint density at radius 2 is 2.15 bits per heavy atom. The van der Waals surface area contributed by atoms with E-state index in [1.54, 1.807) is 16.2 Å². The summed E-state index contributed by atoms with van der Waals surface area (Å²) >= 11 is 6.59. The number of carbonyl (C=O) groups excluding carboxylic acids is 1. The Balaban J connectivity index is 2.11. The number of nitrogens with zero attached hydrogens (tertiary/aromatic N) is 1. The molecule has 1 aromatic rings. The van der Waals surface area contributed by atoms with Crippen molar-refractivity contribution < 1.29 is 4.79 Å². The van der Waals surface area contributed by atoms with Crippen LogP contribution in [0.2, 0.25) is 0 Å². The molecule has 0 radical (unpaired) electrons. The maximum atomic E-state index is 12.5. The van der Waals surface area contributed by atoms with Crippen LogP contribution in [0.15, 0.2) is 6.07 Å². The van der Waals surface area contributed by atoms with E-state index in [2.05, 4.69) is 6.07 Å². The van der Waals surface area contributed by atoms with Gasteiger partial charge < -0.3 is 10.6 Å². The molecule has 2 rings (SSSR count). The number of amides is 1. The molecule has 0 saturated carbocycles. The molecule has 0 spiro atoms. The van der Waals surface area contributed by atoms with E-state index in [0.717, 1.165) is 17.7 Å². The third-order valence-electron chi connectivity index (χ3n) is 3.94. The minimum Gasteiger partial charge on any atom is -0.393 e. The maximum absolute atomic E-state index is 12.5. The Morgan fingerprint density at radius 3 is 2.85 bits per heavy atom. The van der Waals surface area contributed by atoms with Crippen LogP contribution in [-0.4, -0.2) is 28.9 Å². The van der Waals surface area contributed by atoms with Crippen molar-refractivity contribution in [3.05, 3.63) is 21.4 Å². The Hall–Kier alpha value is -0.940. The first-order valence-electron chi connectivity index (χ1n) is 7.16. The third kappa shape index (κ3) is 3.58. The predicted molar refractivity (Wildman–Crippen MR) is 88.5 cm³/mol. The van der Waals surface area contributed by atoms with Crippen molar-refractivity contribution >= 4 is 34.5 Å². The van der Waals surface area contributed by atoms with Crippen molar-refractivity contribution in [1.29, 1.82) is 0 Å². The molecule has 110 valence electrons. The Bertz CT molecular complexity index is 486. The average Bonchev–Trinajstić information content (AvgIpc) is 2.67. The first kappa shape index (κ1) is 15.4. The first-order chi connectivity index (χ1) is 9.49. The van der Waals surface area contributed by atoms with Gasteiger partial charge in [0.25, 0.3) is 5.91 Å².